The van der Waals surface area contributed by atoms with Crippen LogP contribution in [0.2, 0.25) is 0 Å². The Hall–Kier alpha value is -0.349. The van der Waals surface area contributed by atoms with Gasteiger partial charge in [0.25, 0.3) is 0 Å². The third-order valence-corrected chi connectivity index (χ3v) is 2.62. The first-order valence-electron chi connectivity index (χ1n) is 5.80. The molecule has 2 rings (SSSR count). The average molecular weight is 309 g/mol. The van der Waals surface area contributed by atoms with Gasteiger partial charge in [0.1, 0.15) is 12.9 Å². The molecule has 0 radical (unpaired) electrons. The van der Waals surface area contributed by atoms with E-state index in [4.69, 9.17) is 4.74 Å². The zero-order valence-corrected chi connectivity index (χ0v) is 14.4. The van der Waals surface area contributed by atoms with Gasteiger partial charge in [0.2, 0.25) is 0 Å². The van der Waals surface area contributed by atoms with Crippen molar-refractivity contribution in [2.45, 2.75) is 20.1 Å². The van der Waals surface area contributed by atoms with Crippen LogP contribution < -0.4 is 61.6 Å². The summed E-state index contributed by atoms with van der Waals surface area (Å²) in [6, 6.07) is 5.16. The van der Waals surface area contributed by atoms with E-state index in [1.165, 1.54) is 24.5 Å². The van der Waals surface area contributed by atoms with Gasteiger partial charge in [-0.1, -0.05) is 23.7 Å². The zero-order chi connectivity index (χ0) is 13.9. The molecule has 0 aliphatic carbocycles. The van der Waals surface area contributed by atoms with Crippen molar-refractivity contribution in [3.05, 3.63) is 36.4 Å². The van der Waals surface area contributed by atoms with E-state index in [0.29, 0.717) is 12.4 Å². The third-order valence-electron chi connectivity index (χ3n) is 2.62. The number of aryl methyl sites for hydroxylation is 1. The quantitative estimate of drug-likeness (QED) is 0.661. The summed E-state index contributed by atoms with van der Waals surface area (Å²) in [7, 11) is 0. The normalized spacial score (nSPS) is 11.0. The maximum Gasteiger partial charge on any atom is 1.00 e. The second-order valence-corrected chi connectivity index (χ2v) is 3.89. The molecule has 0 spiro atoms. The van der Waals surface area contributed by atoms with E-state index in [1.807, 2.05) is 6.92 Å². The smallest absolute Gasteiger partial charge is 0.489 e. The monoisotopic (exact) mass is 309 g/mol. The largest absolute Gasteiger partial charge is 1.00 e. The van der Waals surface area contributed by atoms with E-state index in [-0.39, 0.29) is 63.7 Å². The predicted molar refractivity (Wildman–Crippen MR) is 65.2 cm³/mol. The van der Waals surface area contributed by atoms with Gasteiger partial charge in [0.05, 0.1) is 5.75 Å². The van der Waals surface area contributed by atoms with Crippen molar-refractivity contribution >= 4 is 12.4 Å². The van der Waals surface area contributed by atoms with Crippen LogP contribution in [0.3, 0.4) is 0 Å². The molecule has 0 amide bonds. The fraction of sp³-hybridized carbons (Fsp3) is 0.273. The standard InChI is InChI=1S/C11H12BF3N3O.K/c1-2-18-11(16-8-17-18)7-19-10-6-4-3-5-9(10)12(13,14)15;/h3-6,8H,2,7H2,1H3;/q-1;+1. The minimum Gasteiger partial charge on any atom is -0.489 e. The Balaban J connectivity index is 0.00000200. The SMILES string of the molecule is CCn1ncnc1COc1ccccc1[B-](F)(F)F.[K+]. The summed E-state index contributed by atoms with van der Waals surface area (Å²) in [5.74, 6) is 0.313. The van der Waals surface area contributed by atoms with E-state index in [0.717, 1.165) is 6.07 Å². The summed E-state index contributed by atoms with van der Waals surface area (Å²) in [5, 5.41) is 3.93. The first kappa shape index (κ1) is 17.7. The predicted octanol–water partition coefficient (Wildman–Crippen LogP) is -1.06. The molecular weight excluding hydrogens is 297 g/mol. The molecule has 9 heteroatoms. The summed E-state index contributed by atoms with van der Waals surface area (Å²) < 4.78 is 45.2. The Labute approximate surface area is 157 Å². The van der Waals surface area contributed by atoms with Crippen molar-refractivity contribution in [3.8, 4) is 5.75 Å². The topological polar surface area (TPSA) is 39.9 Å². The molecule has 20 heavy (non-hydrogen) atoms. The van der Waals surface area contributed by atoms with Crippen LogP contribution in [0.1, 0.15) is 12.7 Å². The molecule has 0 saturated carbocycles. The van der Waals surface area contributed by atoms with Gasteiger partial charge in [-0.25, -0.2) is 9.67 Å². The molecule has 102 valence electrons. The van der Waals surface area contributed by atoms with E-state index >= 15 is 0 Å². The first-order chi connectivity index (χ1) is 9.02. The molecule has 1 aromatic carbocycles. The van der Waals surface area contributed by atoms with Gasteiger partial charge in [0.15, 0.2) is 5.82 Å². The molecule has 0 N–H and O–H groups in total. The minimum atomic E-state index is -5.09. The first-order valence-corrected chi connectivity index (χ1v) is 5.80. The molecule has 0 aliphatic rings. The van der Waals surface area contributed by atoms with Crippen molar-refractivity contribution in [1.29, 1.82) is 0 Å². The second-order valence-electron chi connectivity index (χ2n) is 3.89. The number of hydrogen-bond acceptors (Lipinski definition) is 3. The van der Waals surface area contributed by atoms with Gasteiger partial charge in [0, 0.05) is 6.54 Å². The van der Waals surface area contributed by atoms with Gasteiger partial charge < -0.3 is 17.7 Å². The molecule has 0 fully saturated rings. The Morgan fingerprint density at radius 3 is 2.60 bits per heavy atom. The number of nitrogens with zero attached hydrogens (tertiary/aromatic N) is 3. The van der Waals surface area contributed by atoms with Crippen molar-refractivity contribution in [3.63, 3.8) is 0 Å². The molecule has 0 bridgehead atoms. The minimum absolute atomic E-state index is 0. The van der Waals surface area contributed by atoms with Crippen LogP contribution in [0, 0.1) is 0 Å². The molecule has 4 nitrogen and oxygen atoms in total. The van der Waals surface area contributed by atoms with Gasteiger partial charge in [-0.3, -0.25) is 0 Å². The number of halogens is 3. The molecule has 1 heterocycles. The molecular formula is C11H12BF3KN3O. The maximum atomic E-state index is 12.8. The van der Waals surface area contributed by atoms with Gasteiger partial charge in [-0.05, 0) is 13.0 Å². The zero-order valence-electron chi connectivity index (χ0n) is 11.3. The van der Waals surface area contributed by atoms with Crippen LogP contribution in [-0.4, -0.2) is 21.7 Å². The van der Waals surface area contributed by atoms with Crippen LogP contribution >= 0.6 is 0 Å². The maximum absolute atomic E-state index is 12.8. The Morgan fingerprint density at radius 2 is 1.95 bits per heavy atom. The Morgan fingerprint density at radius 1 is 1.25 bits per heavy atom. The number of aromatic nitrogens is 3. The van der Waals surface area contributed by atoms with E-state index < -0.39 is 12.4 Å². The summed E-state index contributed by atoms with van der Waals surface area (Å²) >= 11 is 0. The van der Waals surface area contributed by atoms with Crippen molar-refractivity contribution in [2.24, 2.45) is 0 Å². The fourth-order valence-electron chi connectivity index (χ4n) is 1.69. The summed E-state index contributed by atoms with van der Waals surface area (Å²) in [6.07, 6.45) is 1.35. The van der Waals surface area contributed by atoms with Crippen LogP contribution in [-0.2, 0) is 13.2 Å². The van der Waals surface area contributed by atoms with Crippen LogP contribution in [0.5, 0.6) is 5.75 Å². The van der Waals surface area contributed by atoms with Gasteiger partial charge in [-0.2, -0.15) is 5.10 Å². The van der Waals surface area contributed by atoms with E-state index in [1.54, 1.807) is 4.68 Å². The molecule has 1 aromatic heterocycles. The third kappa shape index (κ3) is 4.32. The molecule has 0 unspecified atom stereocenters. The molecule has 2 aromatic rings. The summed E-state index contributed by atoms with van der Waals surface area (Å²) in [4.78, 5) is 3.94. The Bertz CT molecular complexity index is 562. The number of rotatable bonds is 5. The van der Waals surface area contributed by atoms with Crippen molar-refractivity contribution in [1.82, 2.24) is 14.8 Å². The summed E-state index contributed by atoms with van der Waals surface area (Å²) in [5.41, 5.74) is -0.731. The van der Waals surface area contributed by atoms with Crippen molar-refractivity contribution < 1.29 is 69.1 Å². The number of benzene rings is 1. The molecule has 0 atom stereocenters. The Kier molecular flexibility index (Phi) is 6.73. The van der Waals surface area contributed by atoms with Gasteiger partial charge >= 0.3 is 58.4 Å². The van der Waals surface area contributed by atoms with E-state index in [2.05, 4.69) is 10.1 Å². The van der Waals surface area contributed by atoms with E-state index in [9.17, 15) is 12.9 Å². The fourth-order valence-corrected chi connectivity index (χ4v) is 1.69. The number of para-hydroxylation sites is 1. The average Bonchev–Trinajstić information content (AvgIpc) is 2.83. The van der Waals surface area contributed by atoms with Crippen LogP contribution in [0.15, 0.2) is 30.6 Å². The summed E-state index contributed by atoms with van der Waals surface area (Å²) in [6.45, 7) is -2.68. The van der Waals surface area contributed by atoms with Gasteiger partial charge in [-0.15, -0.1) is 0 Å². The van der Waals surface area contributed by atoms with Crippen LogP contribution in [0.4, 0.5) is 12.9 Å². The second kappa shape index (κ2) is 7.60. The van der Waals surface area contributed by atoms with Crippen molar-refractivity contribution in [2.75, 3.05) is 0 Å². The van der Waals surface area contributed by atoms with Crippen LogP contribution in [0.25, 0.3) is 0 Å². The number of hydrogen-bond donors (Lipinski definition) is 0. The molecule has 0 saturated heterocycles. The number of ether oxygens (including phenoxy) is 1. The molecule has 0 aliphatic heterocycles.